The molecule has 0 saturated carbocycles. The lowest BCUT2D eigenvalue weighted by Gasteiger charge is -2.12. The Bertz CT molecular complexity index is 737. The zero-order valence-electron chi connectivity index (χ0n) is 15.5. The van der Waals surface area contributed by atoms with Gasteiger partial charge in [0.05, 0.1) is 27.3 Å². The lowest BCUT2D eigenvalue weighted by molar-refractivity contribution is -0.901. The number of carbonyl (C=O) groups excluding carboxylic acids is 1. The molecule has 26 heavy (non-hydrogen) atoms. The first-order valence-electron chi connectivity index (χ1n) is 9.11. The Kier molecular flexibility index (Phi) is 6.12. The Morgan fingerprint density at radius 1 is 0.962 bits per heavy atom. The highest BCUT2D eigenvalue weighted by Crippen LogP contribution is 2.27. The summed E-state index contributed by atoms with van der Waals surface area (Å²) < 4.78 is 10.5. The normalized spacial score (nSPS) is 14.2. The molecular weight excluding hydrogens is 328 g/mol. The van der Waals surface area contributed by atoms with Crippen molar-refractivity contribution in [2.24, 2.45) is 0 Å². The van der Waals surface area contributed by atoms with Gasteiger partial charge in [-0.15, -0.1) is 0 Å². The Hall–Kier alpha value is -2.53. The van der Waals surface area contributed by atoms with Crippen molar-refractivity contribution in [2.45, 2.75) is 25.9 Å². The molecule has 1 aliphatic rings. The summed E-state index contributed by atoms with van der Waals surface area (Å²) in [5.74, 6) is 1.03. The summed E-state index contributed by atoms with van der Waals surface area (Å²) in [5.41, 5.74) is 3.01. The van der Waals surface area contributed by atoms with Crippen LogP contribution >= 0.6 is 0 Å². The first kappa shape index (κ1) is 18.3. The van der Waals surface area contributed by atoms with Crippen molar-refractivity contribution in [3.63, 3.8) is 0 Å². The van der Waals surface area contributed by atoms with Gasteiger partial charge in [-0.25, -0.2) is 0 Å². The molecule has 0 spiro atoms. The predicted octanol–water partition coefficient (Wildman–Crippen LogP) is 1.81. The molecule has 2 aromatic rings. The summed E-state index contributed by atoms with van der Waals surface area (Å²) in [6.07, 6.45) is 2.69. The van der Waals surface area contributed by atoms with E-state index in [0.29, 0.717) is 23.6 Å². The molecule has 1 fully saturated rings. The molecule has 2 N–H and O–H groups in total. The average Bonchev–Trinajstić information content (AvgIpc) is 3.19. The smallest absolute Gasteiger partial charge is 0.251 e. The molecule has 0 atom stereocenters. The number of hydrogen-bond donors (Lipinski definition) is 2. The van der Waals surface area contributed by atoms with E-state index in [4.69, 9.17) is 9.47 Å². The highest BCUT2D eigenvalue weighted by Gasteiger charge is 2.15. The molecule has 0 bridgehead atoms. The Balaban J connectivity index is 1.55. The van der Waals surface area contributed by atoms with Crippen molar-refractivity contribution in [3.05, 3.63) is 59.2 Å². The van der Waals surface area contributed by atoms with Crippen molar-refractivity contribution in [1.82, 2.24) is 5.32 Å². The van der Waals surface area contributed by atoms with E-state index in [1.165, 1.54) is 31.5 Å². The standard InChI is InChI=1S/C21H26N2O3/c1-25-19-10-9-18(13-20(19)26-2)21(24)22-14-16-5-7-17(8-6-16)15-23-11-3-4-12-23/h5-10,13H,3-4,11-12,14-15H2,1-2H3,(H,22,24)/p+1. The quantitative estimate of drug-likeness (QED) is 0.797. The van der Waals surface area contributed by atoms with Gasteiger partial charge in [0, 0.05) is 30.5 Å². The molecule has 5 heteroatoms. The maximum atomic E-state index is 12.4. The average molecular weight is 355 g/mol. The maximum absolute atomic E-state index is 12.4. The molecule has 0 aromatic heterocycles. The maximum Gasteiger partial charge on any atom is 0.251 e. The number of likely N-dealkylation sites (tertiary alicyclic amines) is 1. The van der Waals surface area contributed by atoms with E-state index in [1.807, 2.05) is 0 Å². The number of benzene rings is 2. The van der Waals surface area contributed by atoms with Crippen LogP contribution in [0.1, 0.15) is 34.3 Å². The number of amides is 1. The van der Waals surface area contributed by atoms with Gasteiger partial charge in [-0.2, -0.15) is 0 Å². The minimum atomic E-state index is -0.128. The third-order valence-corrected chi connectivity index (χ3v) is 4.89. The van der Waals surface area contributed by atoms with Crippen molar-refractivity contribution < 1.29 is 19.2 Å². The fourth-order valence-electron chi connectivity index (χ4n) is 3.38. The molecule has 0 unspecified atom stereocenters. The first-order chi connectivity index (χ1) is 12.7. The second-order valence-electron chi connectivity index (χ2n) is 6.70. The van der Waals surface area contributed by atoms with Crippen LogP contribution < -0.4 is 19.7 Å². The summed E-state index contributed by atoms with van der Waals surface area (Å²) in [7, 11) is 3.14. The minimum absolute atomic E-state index is 0.128. The summed E-state index contributed by atoms with van der Waals surface area (Å²) in [6.45, 7) is 4.16. The van der Waals surface area contributed by atoms with Gasteiger partial charge < -0.3 is 19.7 Å². The van der Waals surface area contributed by atoms with Crippen molar-refractivity contribution in [2.75, 3.05) is 27.3 Å². The molecule has 0 aliphatic carbocycles. The predicted molar refractivity (Wildman–Crippen MR) is 101 cm³/mol. The summed E-state index contributed by atoms with van der Waals surface area (Å²) in [4.78, 5) is 14.0. The van der Waals surface area contributed by atoms with Crippen LogP contribution in [0.25, 0.3) is 0 Å². The van der Waals surface area contributed by atoms with Crippen LogP contribution in [0.4, 0.5) is 0 Å². The van der Waals surface area contributed by atoms with Gasteiger partial charge in [0.2, 0.25) is 0 Å². The number of carbonyl (C=O) groups is 1. The van der Waals surface area contributed by atoms with Crippen LogP contribution in [0.5, 0.6) is 11.5 Å². The second kappa shape index (κ2) is 8.72. The summed E-state index contributed by atoms with van der Waals surface area (Å²) in [5, 5.41) is 2.96. The molecule has 138 valence electrons. The minimum Gasteiger partial charge on any atom is -0.493 e. The van der Waals surface area contributed by atoms with Crippen LogP contribution in [-0.2, 0) is 13.1 Å². The van der Waals surface area contributed by atoms with E-state index in [2.05, 4.69) is 29.6 Å². The van der Waals surface area contributed by atoms with Crippen LogP contribution in [0.2, 0.25) is 0 Å². The van der Waals surface area contributed by atoms with Crippen LogP contribution in [-0.4, -0.2) is 33.2 Å². The van der Waals surface area contributed by atoms with Crippen molar-refractivity contribution in [1.29, 1.82) is 0 Å². The fraction of sp³-hybridized carbons (Fsp3) is 0.381. The van der Waals surface area contributed by atoms with Crippen LogP contribution in [0.15, 0.2) is 42.5 Å². The van der Waals surface area contributed by atoms with Gasteiger partial charge in [0.15, 0.2) is 11.5 Å². The molecule has 3 rings (SSSR count). The van der Waals surface area contributed by atoms with Crippen LogP contribution in [0, 0.1) is 0 Å². The molecule has 5 nitrogen and oxygen atoms in total. The Morgan fingerprint density at radius 2 is 1.62 bits per heavy atom. The van der Waals surface area contributed by atoms with Gasteiger partial charge >= 0.3 is 0 Å². The molecule has 1 heterocycles. The van der Waals surface area contributed by atoms with Crippen molar-refractivity contribution in [3.8, 4) is 11.5 Å². The lowest BCUT2D eigenvalue weighted by atomic mass is 10.1. The Morgan fingerprint density at radius 3 is 2.27 bits per heavy atom. The SMILES string of the molecule is COc1ccc(C(=O)NCc2ccc(C[NH+]3CCCC3)cc2)cc1OC. The number of nitrogens with one attached hydrogen (secondary N) is 2. The number of hydrogen-bond acceptors (Lipinski definition) is 3. The monoisotopic (exact) mass is 355 g/mol. The fourth-order valence-corrected chi connectivity index (χ4v) is 3.38. The molecular formula is C21H27N2O3+. The Labute approximate surface area is 154 Å². The van der Waals surface area contributed by atoms with E-state index < -0.39 is 0 Å². The van der Waals surface area contributed by atoms with Gasteiger partial charge in [0.25, 0.3) is 5.91 Å². The highest BCUT2D eigenvalue weighted by molar-refractivity contribution is 5.94. The van der Waals surface area contributed by atoms with Gasteiger partial charge in [0.1, 0.15) is 6.54 Å². The molecule has 0 radical (unpaired) electrons. The lowest BCUT2D eigenvalue weighted by Crippen LogP contribution is -3.08. The van der Waals surface area contributed by atoms with Gasteiger partial charge in [-0.1, -0.05) is 24.3 Å². The topological polar surface area (TPSA) is 52.0 Å². The molecule has 1 amide bonds. The second-order valence-corrected chi connectivity index (χ2v) is 6.70. The van der Waals surface area contributed by atoms with E-state index in [0.717, 1.165) is 12.1 Å². The molecule has 1 saturated heterocycles. The van der Waals surface area contributed by atoms with Crippen molar-refractivity contribution >= 4 is 5.91 Å². The van der Waals surface area contributed by atoms with Crippen LogP contribution in [0.3, 0.4) is 0 Å². The number of methoxy groups -OCH3 is 2. The number of ether oxygens (including phenoxy) is 2. The highest BCUT2D eigenvalue weighted by atomic mass is 16.5. The third-order valence-electron chi connectivity index (χ3n) is 4.89. The summed E-state index contributed by atoms with van der Waals surface area (Å²) >= 11 is 0. The third kappa shape index (κ3) is 4.55. The number of rotatable bonds is 7. The molecule has 1 aliphatic heterocycles. The van der Waals surface area contributed by atoms with E-state index in [1.54, 1.807) is 37.3 Å². The molecule has 2 aromatic carbocycles. The largest absolute Gasteiger partial charge is 0.493 e. The number of quaternary nitrogens is 1. The zero-order chi connectivity index (χ0) is 18.4. The van der Waals surface area contributed by atoms with Gasteiger partial charge in [-0.05, 0) is 23.8 Å². The zero-order valence-corrected chi connectivity index (χ0v) is 15.5. The summed E-state index contributed by atoms with van der Waals surface area (Å²) in [6, 6.07) is 13.7. The van der Waals surface area contributed by atoms with E-state index in [-0.39, 0.29) is 5.91 Å². The van der Waals surface area contributed by atoms with Gasteiger partial charge in [-0.3, -0.25) is 4.79 Å². The van der Waals surface area contributed by atoms with E-state index in [9.17, 15) is 4.79 Å². The first-order valence-corrected chi connectivity index (χ1v) is 9.11. The van der Waals surface area contributed by atoms with E-state index >= 15 is 0 Å².